The second kappa shape index (κ2) is 14.8. The summed E-state index contributed by atoms with van der Waals surface area (Å²) < 4.78 is 4.72. The highest BCUT2D eigenvalue weighted by Crippen LogP contribution is 2.38. The topological polar surface area (TPSA) is 48.5 Å². The number of nitrogens with zero attached hydrogens (tertiary/aromatic N) is 5. The van der Waals surface area contributed by atoms with Crippen molar-refractivity contribution in [3.63, 3.8) is 0 Å². The molecule has 0 aliphatic heterocycles. The van der Waals surface area contributed by atoms with Gasteiger partial charge < -0.3 is 9.13 Å². The first-order chi connectivity index (χ1) is 30.7. The number of para-hydroxylation sites is 4. The lowest BCUT2D eigenvalue weighted by atomic mass is 9.98. The van der Waals surface area contributed by atoms with Gasteiger partial charge in [-0.1, -0.05) is 164 Å². The minimum Gasteiger partial charge on any atom is -0.310 e. The molecule has 0 spiro atoms. The van der Waals surface area contributed by atoms with Gasteiger partial charge in [-0.25, -0.2) is 15.0 Å². The van der Waals surface area contributed by atoms with Crippen molar-refractivity contribution < 1.29 is 0 Å². The van der Waals surface area contributed by atoms with E-state index in [2.05, 4.69) is 221 Å². The van der Waals surface area contributed by atoms with E-state index in [1.807, 2.05) is 0 Å². The van der Waals surface area contributed by atoms with E-state index < -0.39 is 0 Å². The SMILES string of the molecule is C1=C(c2nc(-c3ccc(-c4cccc(-c5ccccc5)c4)cc3)nc(-c3cccc(-n4c5ccccc5c5ccccc54)c3)n2)CCC=C1n1c2ccccc2c2ccccc21. The molecule has 0 unspecified atom stereocenters. The van der Waals surface area contributed by atoms with Gasteiger partial charge in [0, 0.05) is 44.1 Å². The van der Waals surface area contributed by atoms with E-state index in [1.54, 1.807) is 0 Å². The molecule has 0 bridgehead atoms. The van der Waals surface area contributed by atoms with Crippen molar-refractivity contribution >= 4 is 54.9 Å². The number of rotatable bonds is 7. The molecule has 0 saturated heterocycles. The average Bonchev–Trinajstić information content (AvgIpc) is 3.87. The van der Waals surface area contributed by atoms with Crippen molar-refractivity contribution in [3.05, 3.63) is 218 Å². The summed E-state index contributed by atoms with van der Waals surface area (Å²) in [7, 11) is 0. The molecule has 5 nitrogen and oxygen atoms in total. The predicted molar refractivity (Wildman–Crippen MR) is 257 cm³/mol. The lowest BCUT2D eigenvalue weighted by molar-refractivity contribution is 0.971. The van der Waals surface area contributed by atoms with Crippen molar-refractivity contribution in [1.82, 2.24) is 24.1 Å². The molecule has 11 aromatic rings. The van der Waals surface area contributed by atoms with Crippen molar-refractivity contribution in [1.29, 1.82) is 0 Å². The number of fused-ring (bicyclic) bond motifs is 6. The molecular formula is C57H39N5. The lowest BCUT2D eigenvalue weighted by Crippen LogP contribution is -2.06. The molecule has 292 valence electrons. The molecule has 0 atom stereocenters. The monoisotopic (exact) mass is 793 g/mol. The molecule has 0 saturated carbocycles. The zero-order chi connectivity index (χ0) is 41.0. The van der Waals surface area contributed by atoms with E-state index >= 15 is 0 Å². The Morgan fingerprint density at radius 3 is 1.40 bits per heavy atom. The Labute approximate surface area is 359 Å². The van der Waals surface area contributed by atoms with Crippen LogP contribution in [0.25, 0.3) is 106 Å². The standard InChI is InChI=1S/C57H39N5/c1-2-15-38(16-3-1)41-17-12-18-42(35-41)39-31-33-40(34-32-39)55-58-56(43-19-13-21-45(36-43)61-51-27-8-4-23-47(51)48-24-5-9-28-52(48)61)60-57(59-55)44-20-14-22-46(37-44)62-53-29-10-6-25-49(53)50-26-7-11-30-54(50)62/h1-13,15-19,21-37H,14,20H2. The van der Waals surface area contributed by atoms with E-state index in [1.165, 1.54) is 43.7 Å². The van der Waals surface area contributed by atoms with Gasteiger partial charge in [0.25, 0.3) is 0 Å². The van der Waals surface area contributed by atoms with E-state index in [0.29, 0.717) is 17.5 Å². The Balaban J connectivity index is 0.992. The zero-order valence-corrected chi connectivity index (χ0v) is 33.9. The van der Waals surface area contributed by atoms with Crippen molar-refractivity contribution in [2.24, 2.45) is 0 Å². The molecule has 5 heteroatoms. The maximum atomic E-state index is 5.31. The van der Waals surface area contributed by atoms with Gasteiger partial charge in [0.05, 0.1) is 22.1 Å². The minimum absolute atomic E-state index is 0.640. The largest absolute Gasteiger partial charge is 0.310 e. The number of benzene rings is 8. The van der Waals surface area contributed by atoms with Crippen LogP contribution in [0.3, 0.4) is 0 Å². The highest BCUT2D eigenvalue weighted by Gasteiger charge is 2.20. The van der Waals surface area contributed by atoms with Crippen LogP contribution in [0, 0.1) is 0 Å². The number of hydrogen-bond acceptors (Lipinski definition) is 3. The summed E-state index contributed by atoms with van der Waals surface area (Å²) in [6, 6.07) is 71.0. The Hall–Kier alpha value is -8.15. The van der Waals surface area contributed by atoms with Gasteiger partial charge >= 0.3 is 0 Å². The lowest BCUT2D eigenvalue weighted by Gasteiger charge is -2.17. The van der Waals surface area contributed by atoms with Gasteiger partial charge in [0.2, 0.25) is 0 Å². The Bertz CT molecular complexity index is 3460. The molecule has 62 heavy (non-hydrogen) atoms. The van der Waals surface area contributed by atoms with Gasteiger partial charge in [-0.15, -0.1) is 0 Å². The molecule has 3 aromatic heterocycles. The third kappa shape index (κ3) is 6.13. The minimum atomic E-state index is 0.640. The van der Waals surface area contributed by atoms with E-state index in [0.717, 1.165) is 63.1 Å². The zero-order valence-electron chi connectivity index (χ0n) is 33.9. The normalized spacial score (nSPS) is 12.9. The summed E-state index contributed by atoms with van der Waals surface area (Å²) in [4.78, 5) is 15.8. The summed E-state index contributed by atoms with van der Waals surface area (Å²) in [5.74, 6) is 1.98. The van der Waals surface area contributed by atoms with Gasteiger partial charge in [-0.05, 0) is 89.2 Å². The van der Waals surface area contributed by atoms with Crippen LogP contribution in [0.1, 0.15) is 18.7 Å². The molecule has 12 rings (SSSR count). The van der Waals surface area contributed by atoms with Gasteiger partial charge in [-0.2, -0.15) is 0 Å². The van der Waals surface area contributed by atoms with Crippen molar-refractivity contribution in [3.8, 4) is 50.7 Å². The number of hydrogen-bond donors (Lipinski definition) is 0. The second-order valence-corrected chi connectivity index (χ2v) is 16.0. The first kappa shape index (κ1) is 35.8. The summed E-state index contributed by atoms with van der Waals surface area (Å²) in [6.07, 6.45) is 6.31. The molecule has 1 aliphatic carbocycles. The fourth-order valence-corrected chi connectivity index (χ4v) is 9.30. The maximum Gasteiger partial charge on any atom is 0.164 e. The average molecular weight is 794 g/mol. The Morgan fingerprint density at radius 1 is 0.339 bits per heavy atom. The summed E-state index contributed by atoms with van der Waals surface area (Å²) in [5.41, 5.74) is 14.5. The molecule has 0 fully saturated rings. The second-order valence-electron chi connectivity index (χ2n) is 16.0. The maximum absolute atomic E-state index is 5.31. The molecular weight excluding hydrogens is 755 g/mol. The first-order valence-corrected chi connectivity index (χ1v) is 21.2. The molecule has 3 heterocycles. The molecule has 0 radical (unpaired) electrons. The fourth-order valence-electron chi connectivity index (χ4n) is 9.30. The van der Waals surface area contributed by atoms with E-state index in [9.17, 15) is 0 Å². The molecule has 0 amide bonds. The summed E-state index contributed by atoms with van der Waals surface area (Å²) in [5, 5.41) is 4.94. The van der Waals surface area contributed by atoms with Crippen LogP contribution in [0.5, 0.6) is 0 Å². The molecule has 0 N–H and O–H groups in total. The Kier molecular flexibility index (Phi) is 8.56. The number of aromatic nitrogens is 5. The predicted octanol–water partition coefficient (Wildman–Crippen LogP) is 14.5. The van der Waals surface area contributed by atoms with Crippen LogP contribution in [0.2, 0.25) is 0 Å². The fraction of sp³-hybridized carbons (Fsp3) is 0.0351. The van der Waals surface area contributed by atoms with Crippen LogP contribution < -0.4 is 0 Å². The number of allylic oxidation sites excluding steroid dienone is 4. The van der Waals surface area contributed by atoms with Crippen molar-refractivity contribution in [2.75, 3.05) is 0 Å². The van der Waals surface area contributed by atoms with E-state index in [4.69, 9.17) is 15.0 Å². The van der Waals surface area contributed by atoms with E-state index in [-0.39, 0.29) is 0 Å². The van der Waals surface area contributed by atoms with Crippen LogP contribution in [-0.2, 0) is 0 Å². The van der Waals surface area contributed by atoms with Crippen LogP contribution in [0.4, 0.5) is 0 Å². The van der Waals surface area contributed by atoms with Gasteiger partial charge in [-0.3, -0.25) is 0 Å². The molecule has 1 aliphatic rings. The highest BCUT2D eigenvalue weighted by atomic mass is 15.0. The smallest absolute Gasteiger partial charge is 0.164 e. The summed E-state index contributed by atoms with van der Waals surface area (Å²) >= 11 is 0. The third-order valence-corrected chi connectivity index (χ3v) is 12.2. The highest BCUT2D eigenvalue weighted by molar-refractivity contribution is 6.11. The summed E-state index contributed by atoms with van der Waals surface area (Å²) in [6.45, 7) is 0. The first-order valence-electron chi connectivity index (χ1n) is 21.2. The Morgan fingerprint density at radius 2 is 0.790 bits per heavy atom. The van der Waals surface area contributed by atoms with Gasteiger partial charge in [0.1, 0.15) is 0 Å². The van der Waals surface area contributed by atoms with Crippen molar-refractivity contribution in [2.45, 2.75) is 12.8 Å². The van der Waals surface area contributed by atoms with Crippen LogP contribution in [0.15, 0.2) is 212 Å². The quantitative estimate of drug-likeness (QED) is 0.161. The third-order valence-electron chi connectivity index (χ3n) is 12.2. The molecule has 8 aromatic carbocycles. The van der Waals surface area contributed by atoms with Crippen LogP contribution in [-0.4, -0.2) is 24.1 Å². The van der Waals surface area contributed by atoms with Crippen LogP contribution >= 0.6 is 0 Å². The van der Waals surface area contributed by atoms with Gasteiger partial charge in [0.15, 0.2) is 17.5 Å².